The topological polar surface area (TPSA) is 80.0 Å². The molecule has 6 nitrogen and oxygen atoms in total. The third kappa shape index (κ3) is 2.98. The molecule has 0 aliphatic rings. The summed E-state index contributed by atoms with van der Waals surface area (Å²) in [5.41, 5.74) is 0.670. The molecule has 2 rings (SSSR count). The standard InChI is InChI=1S/C11H10ClIN4O2/c1-2-6(16-11(18)19)3-17-4-7(13)8-9(12)14-5-15-10(8)17/h2,4-6,16H,1,3H2,(H,18,19)/t6-/m0/s1. The summed E-state index contributed by atoms with van der Waals surface area (Å²) >= 11 is 8.17. The first-order valence-corrected chi connectivity index (χ1v) is 6.75. The molecule has 2 aromatic heterocycles. The van der Waals surface area contributed by atoms with Gasteiger partial charge in [-0.25, -0.2) is 14.8 Å². The zero-order valence-corrected chi connectivity index (χ0v) is 12.6. The van der Waals surface area contributed by atoms with E-state index in [1.54, 1.807) is 0 Å². The van der Waals surface area contributed by atoms with Gasteiger partial charge in [0.1, 0.15) is 17.1 Å². The molecular weight excluding hydrogens is 383 g/mol. The second-order valence-electron chi connectivity index (χ2n) is 3.78. The first-order chi connectivity index (χ1) is 9.02. The fraction of sp³-hybridized carbons (Fsp3) is 0.182. The van der Waals surface area contributed by atoms with E-state index in [0.29, 0.717) is 17.3 Å². The van der Waals surface area contributed by atoms with Crippen molar-refractivity contribution in [3.05, 3.63) is 33.9 Å². The number of rotatable bonds is 4. The number of carbonyl (C=O) groups is 1. The average molecular weight is 393 g/mol. The number of hydrogen-bond donors (Lipinski definition) is 2. The molecule has 2 N–H and O–H groups in total. The summed E-state index contributed by atoms with van der Waals surface area (Å²) in [5.74, 6) is 0. The number of halogens is 2. The molecule has 2 heterocycles. The van der Waals surface area contributed by atoms with E-state index < -0.39 is 12.1 Å². The van der Waals surface area contributed by atoms with E-state index >= 15 is 0 Å². The fourth-order valence-corrected chi connectivity index (χ4v) is 2.95. The van der Waals surface area contributed by atoms with E-state index in [0.717, 1.165) is 8.96 Å². The molecule has 8 heteroatoms. The van der Waals surface area contributed by atoms with Gasteiger partial charge in [-0.05, 0) is 22.6 Å². The lowest BCUT2D eigenvalue weighted by atomic mass is 10.3. The Kier molecular flexibility index (Phi) is 4.25. The van der Waals surface area contributed by atoms with Crippen LogP contribution in [0, 0.1) is 3.57 Å². The number of nitrogens with zero attached hydrogens (tertiary/aromatic N) is 3. The minimum atomic E-state index is -1.09. The van der Waals surface area contributed by atoms with Gasteiger partial charge in [0.25, 0.3) is 0 Å². The van der Waals surface area contributed by atoms with Crippen molar-refractivity contribution in [1.29, 1.82) is 0 Å². The maximum absolute atomic E-state index is 10.7. The first kappa shape index (κ1) is 14.1. The number of nitrogens with one attached hydrogen (secondary N) is 1. The Hall–Kier alpha value is -1.35. The van der Waals surface area contributed by atoms with Crippen LogP contribution < -0.4 is 5.32 Å². The summed E-state index contributed by atoms with van der Waals surface area (Å²) in [5, 5.41) is 12.3. The van der Waals surface area contributed by atoms with Gasteiger partial charge in [0.05, 0.1) is 11.4 Å². The molecule has 0 saturated heterocycles. The Labute approximate surface area is 127 Å². The summed E-state index contributed by atoms with van der Waals surface area (Å²) in [7, 11) is 0. The Bertz CT molecular complexity index is 643. The minimum absolute atomic E-state index is 0.384. The molecule has 0 aliphatic heterocycles. The van der Waals surface area contributed by atoms with Crippen LogP contribution in [-0.2, 0) is 6.54 Å². The van der Waals surface area contributed by atoms with E-state index in [4.69, 9.17) is 16.7 Å². The first-order valence-electron chi connectivity index (χ1n) is 5.29. The van der Waals surface area contributed by atoms with Gasteiger partial charge in [-0.3, -0.25) is 0 Å². The van der Waals surface area contributed by atoms with Crippen molar-refractivity contribution >= 4 is 51.3 Å². The molecular formula is C11H10ClIN4O2. The Morgan fingerprint density at radius 2 is 2.42 bits per heavy atom. The molecule has 0 aromatic carbocycles. The summed E-state index contributed by atoms with van der Waals surface area (Å²) in [6.45, 7) is 4.01. The van der Waals surface area contributed by atoms with E-state index in [1.165, 1.54) is 12.4 Å². The van der Waals surface area contributed by atoms with Crippen molar-refractivity contribution in [2.24, 2.45) is 0 Å². The van der Waals surface area contributed by atoms with Gasteiger partial charge in [0.15, 0.2) is 0 Å². The summed E-state index contributed by atoms with van der Waals surface area (Å²) in [6.07, 6.45) is 3.68. The third-order valence-corrected chi connectivity index (χ3v) is 3.65. The smallest absolute Gasteiger partial charge is 0.405 e. The predicted octanol–water partition coefficient (Wildman–Crippen LogP) is 2.51. The highest BCUT2D eigenvalue weighted by Gasteiger charge is 2.15. The van der Waals surface area contributed by atoms with Crippen LogP contribution in [0.25, 0.3) is 11.0 Å². The van der Waals surface area contributed by atoms with E-state index in [2.05, 4.69) is 44.5 Å². The quantitative estimate of drug-likeness (QED) is 0.476. The van der Waals surface area contributed by atoms with Crippen LogP contribution in [0.15, 0.2) is 25.2 Å². The third-order valence-electron chi connectivity index (χ3n) is 2.55. The monoisotopic (exact) mass is 392 g/mol. The average Bonchev–Trinajstić information content (AvgIpc) is 2.66. The van der Waals surface area contributed by atoms with Gasteiger partial charge >= 0.3 is 6.09 Å². The summed E-state index contributed by atoms with van der Waals surface area (Å²) in [4.78, 5) is 18.8. The highest BCUT2D eigenvalue weighted by molar-refractivity contribution is 14.1. The number of fused-ring (bicyclic) bond motifs is 1. The van der Waals surface area contributed by atoms with Crippen LogP contribution in [0.3, 0.4) is 0 Å². The second kappa shape index (κ2) is 5.74. The number of hydrogen-bond acceptors (Lipinski definition) is 3. The maximum atomic E-state index is 10.7. The van der Waals surface area contributed by atoms with Gasteiger partial charge in [0.2, 0.25) is 0 Å². The number of aromatic nitrogens is 3. The Morgan fingerprint density at radius 3 is 3.05 bits per heavy atom. The zero-order chi connectivity index (χ0) is 14.0. The van der Waals surface area contributed by atoms with E-state index in [9.17, 15) is 4.79 Å². The highest BCUT2D eigenvalue weighted by atomic mass is 127. The van der Waals surface area contributed by atoms with Crippen molar-refractivity contribution in [2.45, 2.75) is 12.6 Å². The van der Waals surface area contributed by atoms with Gasteiger partial charge in [0, 0.05) is 16.3 Å². The molecule has 1 amide bonds. The van der Waals surface area contributed by atoms with Crippen LogP contribution in [0.5, 0.6) is 0 Å². The minimum Gasteiger partial charge on any atom is -0.465 e. The van der Waals surface area contributed by atoms with Crippen molar-refractivity contribution in [1.82, 2.24) is 19.9 Å². The van der Waals surface area contributed by atoms with Gasteiger partial charge in [-0.15, -0.1) is 6.58 Å². The molecule has 0 spiro atoms. The molecule has 0 unspecified atom stereocenters. The molecule has 100 valence electrons. The molecule has 1 atom stereocenters. The zero-order valence-electron chi connectivity index (χ0n) is 9.68. The highest BCUT2D eigenvalue weighted by Crippen LogP contribution is 2.26. The van der Waals surface area contributed by atoms with E-state index in [-0.39, 0.29) is 0 Å². The molecule has 2 aromatic rings. The molecule has 0 bridgehead atoms. The lowest BCUT2D eigenvalue weighted by Crippen LogP contribution is -2.35. The van der Waals surface area contributed by atoms with Crippen LogP contribution in [0.2, 0.25) is 5.15 Å². The molecule has 0 aliphatic carbocycles. The largest absolute Gasteiger partial charge is 0.465 e. The summed E-state index contributed by atoms with van der Waals surface area (Å²) in [6, 6.07) is -0.405. The number of carboxylic acid groups (broad SMARTS) is 1. The fourth-order valence-electron chi connectivity index (χ4n) is 1.73. The molecule has 19 heavy (non-hydrogen) atoms. The normalized spacial score (nSPS) is 12.3. The van der Waals surface area contributed by atoms with Crippen LogP contribution in [0.1, 0.15) is 0 Å². The van der Waals surface area contributed by atoms with Gasteiger partial charge in [-0.1, -0.05) is 17.7 Å². The van der Waals surface area contributed by atoms with E-state index in [1.807, 2.05) is 10.8 Å². The van der Waals surface area contributed by atoms with Crippen molar-refractivity contribution in [3.63, 3.8) is 0 Å². The maximum Gasteiger partial charge on any atom is 0.405 e. The lowest BCUT2D eigenvalue weighted by molar-refractivity contribution is 0.191. The predicted molar refractivity (Wildman–Crippen MR) is 80.4 cm³/mol. The van der Waals surface area contributed by atoms with Crippen LogP contribution in [-0.4, -0.2) is 31.8 Å². The Balaban J connectivity index is 2.38. The lowest BCUT2D eigenvalue weighted by Gasteiger charge is -2.13. The van der Waals surface area contributed by atoms with Crippen LogP contribution >= 0.6 is 34.2 Å². The molecule has 0 radical (unpaired) electrons. The van der Waals surface area contributed by atoms with Crippen LogP contribution in [0.4, 0.5) is 4.79 Å². The number of amides is 1. The van der Waals surface area contributed by atoms with Gasteiger partial charge < -0.3 is 15.0 Å². The van der Waals surface area contributed by atoms with Crippen molar-refractivity contribution in [3.8, 4) is 0 Å². The SMILES string of the molecule is C=C[C@@H](Cn1cc(I)c2c(Cl)ncnc21)NC(=O)O. The summed E-state index contributed by atoms with van der Waals surface area (Å²) < 4.78 is 2.74. The van der Waals surface area contributed by atoms with Gasteiger partial charge in [-0.2, -0.15) is 0 Å². The van der Waals surface area contributed by atoms with Crippen molar-refractivity contribution in [2.75, 3.05) is 0 Å². The van der Waals surface area contributed by atoms with Crippen molar-refractivity contribution < 1.29 is 9.90 Å². The second-order valence-corrected chi connectivity index (χ2v) is 5.30. The molecule has 0 saturated carbocycles. The molecule has 0 fully saturated rings. The Morgan fingerprint density at radius 1 is 1.68 bits per heavy atom.